The van der Waals surface area contributed by atoms with Crippen molar-refractivity contribution in [1.82, 2.24) is 0 Å². The molecule has 16 heavy (non-hydrogen) atoms. The Morgan fingerprint density at radius 3 is 2.31 bits per heavy atom. The molecule has 0 amide bonds. The third-order valence-corrected chi connectivity index (χ3v) is 3.09. The number of halogens is 5. The van der Waals surface area contributed by atoms with Crippen molar-refractivity contribution < 1.29 is 13.2 Å². The van der Waals surface area contributed by atoms with Gasteiger partial charge in [-0.1, -0.05) is 15.9 Å². The zero-order valence-corrected chi connectivity index (χ0v) is 11.2. The van der Waals surface area contributed by atoms with Gasteiger partial charge in [-0.05, 0) is 33.6 Å². The summed E-state index contributed by atoms with van der Waals surface area (Å²) in [5.41, 5.74) is 11.6. The predicted molar refractivity (Wildman–Crippen MR) is 63.9 cm³/mol. The summed E-state index contributed by atoms with van der Waals surface area (Å²) in [7, 11) is 0. The molecule has 1 rings (SSSR count). The monoisotopic (exact) mass is 360 g/mol. The molecule has 0 saturated carbocycles. The Bertz CT molecular complexity index is 393. The maximum absolute atomic E-state index is 12.2. The molecule has 0 bridgehead atoms. The van der Waals surface area contributed by atoms with Gasteiger partial charge in [-0.25, -0.2) is 0 Å². The maximum atomic E-state index is 12.2. The average molecular weight is 362 g/mol. The van der Waals surface area contributed by atoms with Crippen LogP contribution in [0.2, 0.25) is 0 Å². The molecule has 0 radical (unpaired) electrons. The molecule has 0 fully saturated rings. The molecule has 0 saturated heterocycles. The predicted octanol–water partition coefficient (Wildman–Crippen LogP) is 3.75. The Labute approximate surface area is 107 Å². The smallest absolute Gasteiger partial charge is 0.390 e. The van der Waals surface area contributed by atoms with Crippen molar-refractivity contribution in [2.45, 2.75) is 18.6 Å². The van der Waals surface area contributed by atoms with Crippen LogP contribution in [0.25, 0.3) is 0 Å². The molecular formula is C9H9Br2F3N2. The molecular weight excluding hydrogens is 353 g/mol. The molecule has 1 aromatic carbocycles. The lowest BCUT2D eigenvalue weighted by Crippen LogP contribution is -2.21. The van der Waals surface area contributed by atoms with Crippen LogP contribution in [0.15, 0.2) is 21.1 Å². The van der Waals surface area contributed by atoms with E-state index in [2.05, 4.69) is 31.9 Å². The summed E-state index contributed by atoms with van der Waals surface area (Å²) in [5, 5.41) is 0. The van der Waals surface area contributed by atoms with Crippen LogP contribution >= 0.6 is 31.9 Å². The highest BCUT2D eigenvalue weighted by Gasteiger charge is 2.31. The molecule has 0 heterocycles. The fourth-order valence-corrected chi connectivity index (χ4v) is 2.53. The Morgan fingerprint density at radius 2 is 1.81 bits per heavy atom. The van der Waals surface area contributed by atoms with Gasteiger partial charge in [-0.3, -0.25) is 0 Å². The Balaban J connectivity index is 3.04. The van der Waals surface area contributed by atoms with E-state index in [9.17, 15) is 13.2 Å². The van der Waals surface area contributed by atoms with Gasteiger partial charge < -0.3 is 11.5 Å². The topological polar surface area (TPSA) is 52.0 Å². The number of rotatable bonds is 2. The van der Waals surface area contributed by atoms with Crippen LogP contribution in [-0.2, 0) is 0 Å². The molecule has 0 aliphatic heterocycles. The molecule has 1 aromatic rings. The minimum atomic E-state index is -4.30. The number of hydrogen-bond donors (Lipinski definition) is 2. The lowest BCUT2D eigenvalue weighted by Gasteiger charge is -2.17. The van der Waals surface area contributed by atoms with E-state index in [0.29, 0.717) is 8.95 Å². The van der Waals surface area contributed by atoms with Crippen molar-refractivity contribution in [3.8, 4) is 0 Å². The fourth-order valence-electron chi connectivity index (χ4n) is 1.27. The average Bonchev–Trinajstić information content (AvgIpc) is 2.08. The van der Waals surface area contributed by atoms with Crippen LogP contribution in [0.1, 0.15) is 18.0 Å². The quantitative estimate of drug-likeness (QED) is 0.788. The Hall–Kier alpha value is -0.270. The van der Waals surface area contributed by atoms with E-state index < -0.39 is 18.6 Å². The standard InChI is InChI=1S/C9H9Br2F3N2/c10-4-1-5(8(16)6(11)2-4)7(15)3-9(12,13)14/h1-2,7H,3,15-16H2/t7-/m1/s1. The Morgan fingerprint density at radius 1 is 1.25 bits per heavy atom. The number of nitrogens with two attached hydrogens (primary N) is 2. The van der Waals surface area contributed by atoms with Gasteiger partial charge in [-0.15, -0.1) is 0 Å². The van der Waals surface area contributed by atoms with E-state index in [1.54, 1.807) is 6.07 Å². The van der Waals surface area contributed by atoms with Crippen molar-refractivity contribution in [2.75, 3.05) is 5.73 Å². The number of anilines is 1. The normalized spacial score (nSPS) is 13.9. The number of nitrogen functional groups attached to an aromatic ring is 1. The van der Waals surface area contributed by atoms with E-state index in [0.717, 1.165) is 0 Å². The summed E-state index contributed by atoms with van der Waals surface area (Å²) in [4.78, 5) is 0. The van der Waals surface area contributed by atoms with E-state index >= 15 is 0 Å². The van der Waals surface area contributed by atoms with Crippen LogP contribution in [0.3, 0.4) is 0 Å². The van der Waals surface area contributed by atoms with Gasteiger partial charge >= 0.3 is 6.18 Å². The number of alkyl halides is 3. The van der Waals surface area contributed by atoms with Gasteiger partial charge in [0.25, 0.3) is 0 Å². The van der Waals surface area contributed by atoms with Crippen LogP contribution in [0.4, 0.5) is 18.9 Å². The summed E-state index contributed by atoms with van der Waals surface area (Å²) in [6.45, 7) is 0. The largest absolute Gasteiger partial charge is 0.398 e. The second-order valence-electron chi connectivity index (χ2n) is 3.32. The molecule has 0 spiro atoms. The molecule has 0 unspecified atom stereocenters. The van der Waals surface area contributed by atoms with Gasteiger partial charge in [0, 0.05) is 15.0 Å². The minimum Gasteiger partial charge on any atom is -0.398 e. The van der Waals surface area contributed by atoms with Crippen LogP contribution in [0, 0.1) is 0 Å². The van der Waals surface area contributed by atoms with Crippen molar-refractivity contribution in [3.05, 3.63) is 26.6 Å². The molecule has 90 valence electrons. The first kappa shape index (κ1) is 13.8. The summed E-state index contributed by atoms with van der Waals surface area (Å²) >= 11 is 6.33. The van der Waals surface area contributed by atoms with Crippen molar-refractivity contribution in [2.24, 2.45) is 5.73 Å². The second kappa shape index (κ2) is 4.93. The summed E-state index contributed by atoms with van der Waals surface area (Å²) in [5.74, 6) is 0. The molecule has 2 nitrogen and oxygen atoms in total. The Kier molecular flexibility index (Phi) is 4.25. The molecule has 1 atom stereocenters. The van der Waals surface area contributed by atoms with Crippen molar-refractivity contribution in [1.29, 1.82) is 0 Å². The van der Waals surface area contributed by atoms with Gasteiger partial charge in [0.1, 0.15) is 0 Å². The van der Waals surface area contributed by atoms with Crippen LogP contribution in [-0.4, -0.2) is 6.18 Å². The highest BCUT2D eigenvalue weighted by atomic mass is 79.9. The first-order valence-corrected chi connectivity index (χ1v) is 5.86. The van der Waals surface area contributed by atoms with Gasteiger partial charge in [-0.2, -0.15) is 13.2 Å². The van der Waals surface area contributed by atoms with Gasteiger partial charge in [0.05, 0.1) is 12.1 Å². The zero-order chi connectivity index (χ0) is 12.5. The maximum Gasteiger partial charge on any atom is 0.390 e. The van der Waals surface area contributed by atoms with Crippen LogP contribution in [0.5, 0.6) is 0 Å². The first-order valence-electron chi connectivity index (χ1n) is 4.27. The van der Waals surface area contributed by atoms with E-state index in [4.69, 9.17) is 11.5 Å². The zero-order valence-electron chi connectivity index (χ0n) is 7.98. The van der Waals surface area contributed by atoms with E-state index in [-0.39, 0.29) is 11.3 Å². The molecule has 0 aromatic heterocycles. The third-order valence-electron chi connectivity index (χ3n) is 1.98. The minimum absolute atomic E-state index is 0.236. The molecule has 0 aliphatic carbocycles. The van der Waals surface area contributed by atoms with Crippen LogP contribution < -0.4 is 11.5 Å². The highest BCUT2D eigenvalue weighted by molar-refractivity contribution is 9.11. The SMILES string of the molecule is Nc1c(Br)cc(Br)cc1[C@H](N)CC(F)(F)F. The number of hydrogen-bond acceptors (Lipinski definition) is 2. The van der Waals surface area contributed by atoms with Gasteiger partial charge in [0.15, 0.2) is 0 Å². The summed E-state index contributed by atoms with van der Waals surface area (Å²) < 4.78 is 37.7. The summed E-state index contributed by atoms with van der Waals surface area (Å²) in [6.07, 6.45) is -5.40. The lowest BCUT2D eigenvalue weighted by molar-refractivity contribution is -0.138. The van der Waals surface area contributed by atoms with Gasteiger partial charge in [0.2, 0.25) is 0 Å². The van der Waals surface area contributed by atoms with Crippen molar-refractivity contribution >= 4 is 37.5 Å². The number of benzene rings is 1. The fraction of sp³-hybridized carbons (Fsp3) is 0.333. The second-order valence-corrected chi connectivity index (χ2v) is 5.09. The third kappa shape index (κ3) is 3.64. The highest BCUT2D eigenvalue weighted by Crippen LogP contribution is 2.35. The summed E-state index contributed by atoms with van der Waals surface area (Å²) in [6, 6.07) is 1.99. The van der Waals surface area contributed by atoms with E-state index in [1.165, 1.54) is 6.07 Å². The first-order chi connectivity index (χ1) is 7.20. The lowest BCUT2D eigenvalue weighted by atomic mass is 10.0. The molecule has 0 aliphatic rings. The van der Waals surface area contributed by atoms with E-state index in [1.807, 2.05) is 0 Å². The molecule has 7 heteroatoms. The molecule has 4 N–H and O–H groups in total. The van der Waals surface area contributed by atoms with Crippen molar-refractivity contribution in [3.63, 3.8) is 0 Å².